The molecule has 0 aromatic heterocycles. The number of hydrogen-bond acceptors (Lipinski definition) is 4. The van der Waals surface area contributed by atoms with Gasteiger partial charge >= 0.3 is 0 Å². The number of amides is 2. The Balaban J connectivity index is 1.79. The fraction of sp³-hybridized carbons (Fsp3) is 0.692. The van der Waals surface area contributed by atoms with Crippen molar-refractivity contribution in [2.45, 2.75) is 32.1 Å². The van der Waals surface area contributed by atoms with Gasteiger partial charge in [0.1, 0.15) is 0 Å². The van der Waals surface area contributed by atoms with E-state index in [0.29, 0.717) is 6.42 Å². The smallest absolute Gasteiger partial charge is 0.252 e. The highest BCUT2D eigenvalue weighted by atomic mass is 16.2. The van der Waals surface area contributed by atoms with Crippen LogP contribution in [-0.4, -0.2) is 23.2 Å². The average molecular weight is 258 g/mol. The second-order valence-electron chi connectivity index (χ2n) is 6.60. The molecule has 4 saturated carbocycles. The summed E-state index contributed by atoms with van der Waals surface area (Å²) in [7, 11) is 0. The van der Waals surface area contributed by atoms with Gasteiger partial charge in [0.25, 0.3) is 11.8 Å². The normalized spacial score (nSPS) is 49.1. The van der Waals surface area contributed by atoms with Crippen LogP contribution in [0.15, 0.2) is 10.2 Å². The van der Waals surface area contributed by atoms with Crippen molar-refractivity contribution in [1.29, 1.82) is 0 Å². The number of fused-ring (bicyclic) bond motifs is 1. The summed E-state index contributed by atoms with van der Waals surface area (Å²) in [5.74, 6) is 0.512. The van der Waals surface area contributed by atoms with Gasteiger partial charge in [-0.15, -0.1) is 0 Å². The first-order valence-corrected chi connectivity index (χ1v) is 6.93. The highest BCUT2D eigenvalue weighted by Crippen LogP contribution is 2.62. The maximum atomic E-state index is 12.4. The van der Waals surface area contributed by atoms with Gasteiger partial charge in [0.15, 0.2) is 0 Å². The summed E-state index contributed by atoms with van der Waals surface area (Å²) in [5, 5.41) is 8.62. The van der Waals surface area contributed by atoms with Crippen LogP contribution in [0.25, 0.3) is 0 Å². The van der Waals surface area contributed by atoms with Gasteiger partial charge in [-0.1, -0.05) is 0 Å². The second-order valence-corrected chi connectivity index (χ2v) is 6.60. The maximum Gasteiger partial charge on any atom is 0.252 e. The number of carbonyl (C=O) groups excluding carboxylic acids is 2. The summed E-state index contributed by atoms with van der Waals surface area (Å²) >= 11 is 0. The predicted molar refractivity (Wildman–Crippen MR) is 66.1 cm³/mol. The third-order valence-electron chi connectivity index (χ3n) is 5.84. The van der Waals surface area contributed by atoms with Crippen molar-refractivity contribution in [2.75, 3.05) is 0 Å². The van der Waals surface area contributed by atoms with Crippen molar-refractivity contribution in [3.05, 3.63) is 0 Å². The van der Waals surface area contributed by atoms with E-state index in [1.807, 2.05) is 0 Å². The predicted octanol–water partition coefficient (Wildman–Crippen LogP) is 0.154. The monoisotopic (exact) mass is 258 g/mol. The third kappa shape index (κ3) is 0.884. The van der Waals surface area contributed by atoms with Crippen molar-refractivity contribution >= 4 is 23.2 Å². The Morgan fingerprint density at radius 1 is 0.895 bits per heavy atom. The summed E-state index contributed by atoms with van der Waals surface area (Å²) in [6.45, 7) is 0. The molecule has 0 radical (unpaired) electrons. The lowest BCUT2D eigenvalue weighted by Crippen LogP contribution is -2.59. The Labute approximate surface area is 109 Å². The molecule has 4 unspecified atom stereocenters. The molecule has 0 saturated heterocycles. The SMILES string of the molecule is O=C1NN=C2C3CCC4CC12CC1(C3)C(=O)NN=C41. The van der Waals surface area contributed by atoms with Crippen molar-refractivity contribution in [3.63, 3.8) is 0 Å². The first-order valence-electron chi connectivity index (χ1n) is 6.93. The molecule has 2 heterocycles. The van der Waals surface area contributed by atoms with Gasteiger partial charge in [-0.2, -0.15) is 10.2 Å². The van der Waals surface area contributed by atoms with Crippen LogP contribution in [0.1, 0.15) is 32.1 Å². The molecule has 4 bridgehead atoms. The zero-order valence-electron chi connectivity index (χ0n) is 10.4. The molecular weight excluding hydrogens is 244 g/mol. The first kappa shape index (κ1) is 10.1. The minimum Gasteiger partial charge on any atom is -0.272 e. The van der Waals surface area contributed by atoms with Crippen LogP contribution in [0.4, 0.5) is 0 Å². The molecule has 6 nitrogen and oxygen atoms in total. The molecule has 0 aromatic carbocycles. The molecule has 19 heavy (non-hydrogen) atoms. The zero-order chi connectivity index (χ0) is 12.8. The van der Waals surface area contributed by atoms with E-state index in [0.717, 1.165) is 37.1 Å². The second kappa shape index (κ2) is 2.73. The molecule has 4 atom stereocenters. The lowest BCUT2D eigenvalue weighted by molar-refractivity contribution is -0.134. The van der Waals surface area contributed by atoms with E-state index in [1.165, 1.54) is 0 Å². The Kier molecular flexibility index (Phi) is 1.46. The zero-order valence-corrected chi connectivity index (χ0v) is 10.4. The molecule has 2 amide bonds. The molecule has 0 aromatic rings. The molecule has 4 aliphatic carbocycles. The van der Waals surface area contributed by atoms with Gasteiger partial charge in [0, 0.05) is 11.8 Å². The van der Waals surface area contributed by atoms with Crippen molar-refractivity contribution in [1.82, 2.24) is 10.9 Å². The van der Waals surface area contributed by atoms with Gasteiger partial charge in [0.05, 0.1) is 22.3 Å². The van der Waals surface area contributed by atoms with Gasteiger partial charge in [-0.3, -0.25) is 9.59 Å². The van der Waals surface area contributed by atoms with Crippen LogP contribution in [0.3, 0.4) is 0 Å². The number of hydrazone groups is 2. The van der Waals surface area contributed by atoms with E-state index in [-0.39, 0.29) is 23.7 Å². The maximum absolute atomic E-state index is 12.4. The minimum atomic E-state index is -0.523. The van der Waals surface area contributed by atoms with Gasteiger partial charge in [-0.25, -0.2) is 10.9 Å². The third-order valence-corrected chi connectivity index (χ3v) is 5.84. The van der Waals surface area contributed by atoms with E-state index in [4.69, 9.17) is 0 Å². The van der Waals surface area contributed by atoms with Crippen LogP contribution in [0.5, 0.6) is 0 Å². The minimum absolute atomic E-state index is 0.00257. The standard InChI is InChI=1S/C13H14N4O2/c18-10-12-3-6-1-2-7(9(12)15-17-10)4-13(5-12)8(6)14-16-11(13)19/h6-7H,1-5H2,(H,16,19)(H,17,18). The van der Waals surface area contributed by atoms with Crippen LogP contribution in [-0.2, 0) is 9.59 Å². The topological polar surface area (TPSA) is 82.9 Å². The van der Waals surface area contributed by atoms with Crippen molar-refractivity contribution in [2.24, 2.45) is 32.9 Å². The molecular formula is C13H14N4O2. The Morgan fingerprint density at radius 3 is 1.84 bits per heavy atom. The molecule has 2 N–H and O–H groups in total. The summed E-state index contributed by atoms with van der Waals surface area (Å²) in [4.78, 5) is 24.7. The number of nitrogens with zero attached hydrogens (tertiary/aromatic N) is 2. The molecule has 6 aliphatic rings. The fourth-order valence-electron chi connectivity index (χ4n) is 5.16. The Morgan fingerprint density at radius 2 is 1.37 bits per heavy atom. The number of nitrogens with one attached hydrogen (secondary N) is 2. The Bertz CT molecular complexity index is 558. The van der Waals surface area contributed by atoms with Gasteiger partial charge < -0.3 is 0 Å². The van der Waals surface area contributed by atoms with Crippen LogP contribution in [0, 0.1) is 22.7 Å². The van der Waals surface area contributed by atoms with Gasteiger partial charge in [-0.05, 0) is 32.1 Å². The average Bonchev–Trinajstić information content (AvgIpc) is 2.80. The molecule has 2 spiro atoms. The van der Waals surface area contributed by atoms with E-state index in [9.17, 15) is 9.59 Å². The van der Waals surface area contributed by atoms with Gasteiger partial charge in [0.2, 0.25) is 0 Å². The number of rotatable bonds is 0. The molecule has 6 rings (SSSR count). The molecule has 4 fully saturated rings. The fourth-order valence-corrected chi connectivity index (χ4v) is 5.16. The summed E-state index contributed by atoms with van der Waals surface area (Å²) < 4.78 is 0. The summed E-state index contributed by atoms with van der Waals surface area (Å²) in [5.41, 5.74) is 6.31. The van der Waals surface area contributed by atoms with E-state index < -0.39 is 10.8 Å². The summed E-state index contributed by atoms with van der Waals surface area (Å²) in [6.07, 6.45) is 4.18. The highest BCUT2D eigenvalue weighted by molar-refractivity contribution is 6.22. The highest BCUT2D eigenvalue weighted by Gasteiger charge is 2.69. The Hall–Kier alpha value is -1.72. The van der Waals surface area contributed by atoms with E-state index in [1.54, 1.807) is 0 Å². The van der Waals surface area contributed by atoms with Crippen LogP contribution in [0.2, 0.25) is 0 Å². The van der Waals surface area contributed by atoms with Crippen molar-refractivity contribution < 1.29 is 9.59 Å². The molecule has 2 aliphatic heterocycles. The number of carbonyl (C=O) groups is 2. The lowest BCUT2D eigenvalue weighted by Gasteiger charge is -2.49. The molecule has 6 heteroatoms. The van der Waals surface area contributed by atoms with Crippen LogP contribution < -0.4 is 10.9 Å². The summed E-state index contributed by atoms with van der Waals surface area (Å²) in [6, 6.07) is 0. The first-order chi connectivity index (χ1) is 9.16. The van der Waals surface area contributed by atoms with Crippen LogP contribution >= 0.6 is 0 Å². The van der Waals surface area contributed by atoms with E-state index in [2.05, 4.69) is 21.1 Å². The quantitative estimate of drug-likeness (QED) is 0.648. The lowest BCUT2D eigenvalue weighted by atomic mass is 9.50. The molecule has 98 valence electrons. The number of hydrogen-bond donors (Lipinski definition) is 2. The largest absolute Gasteiger partial charge is 0.272 e. The van der Waals surface area contributed by atoms with Crippen molar-refractivity contribution in [3.8, 4) is 0 Å². The van der Waals surface area contributed by atoms with E-state index >= 15 is 0 Å².